The van der Waals surface area contributed by atoms with Crippen LogP contribution in [0.5, 0.6) is 5.75 Å². The third-order valence-corrected chi connectivity index (χ3v) is 4.40. The van der Waals surface area contributed by atoms with Gasteiger partial charge in [-0.3, -0.25) is 4.79 Å². The van der Waals surface area contributed by atoms with Gasteiger partial charge in [-0.2, -0.15) is 8.78 Å². The third kappa shape index (κ3) is 6.10. The van der Waals surface area contributed by atoms with E-state index in [1.54, 1.807) is 12.1 Å². The second-order valence-corrected chi connectivity index (χ2v) is 6.68. The molecule has 0 heterocycles. The lowest BCUT2D eigenvalue weighted by molar-refractivity contribution is -0.907. The molecule has 0 radical (unpaired) electrons. The number of carbonyl (C=O) groups is 1. The maximum atomic E-state index is 12.4. The molecule has 1 unspecified atom stereocenters. The van der Waals surface area contributed by atoms with Crippen LogP contribution < -0.4 is 15.0 Å². The van der Waals surface area contributed by atoms with E-state index in [9.17, 15) is 13.6 Å². The van der Waals surface area contributed by atoms with E-state index >= 15 is 0 Å². The zero-order chi connectivity index (χ0) is 18.4. The first kappa shape index (κ1) is 19.3. The molecular weight excluding hydrogens is 394 g/mol. The molecule has 0 aliphatic heterocycles. The Bertz CT molecular complexity index is 693. The van der Waals surface area contributed by atoms with Crippen LogP contribution >= 0.6 is 15.9 Å². The molecule has 2 rings (SSSR count). The first-order chi connectivity index (χ1) is 11.8. The van der Waals surface area contributed by atoms with Crippen molar-refractivity contribution >= 4 is 27.5 Å². The van der Waals surface area contributed by atoms with Gasteiger partial charge in [-0.1, -0.05) is 15.9 Å². The Morgan fingerprint density at radius 2 is 1.76 bits per heavy atom. The van der Waals surface area contributed by atoms with Crippen molar-refractivity contribution in [1.29, 1.82) is 0 Å². The number of halogens is 3. The third-order valence-electron chi connectivity index (χ3n) is 3.88. The second-order valence-electron chi connectivity index (χ2n) is 5.76. The van der Waals surface area contributed by atoms with Gasteiger partial charge in [-0.05, 0) is 55.5 Å². The minimum atomic E-state index is -2.83. The molecule has 0 saturated heterocycles. The van der Waals surface area contributed by atoms with Crippen LogP contribution in [0.4, 0.5) is 14.5 Å². The number of rotatable bonds is 7. The SMILES string of the molecule is C[C@H](C(=O)Nc1ccc(Br)cc1)[NH+](C)Cc1ccc(OC(F)F)cc1. The smallest absolute Gasteiger partial charge is 0.387 e. The highest BCUT2D eigenvalue weighted by atomic mass is 79.9. The van der Waals surface area contributed by atoms with E-state index in [1.165, 1.54) is 12.1 Å². The summed E-state index contributed by atoms with van der Waals surface area (Å²) in [5.74, 6) is 0.0370. The average molecular weight is 414 g/mol. The molecule has 4 nitrogen and oxygen atoms in total. The number of hydrogen-bond acceptors (Lipinski definition) is 2. The quantitative estimate of drug-likeness (QED) is 0.732. The van der Waals surface area contributed by atoms with Gasteiger partial charge in [-0.25, -0.2) is 0 Å². The van der Waals surface area contributed by atoms with Crippen molar-refractivity contribution < 1.29 is 23.2 Å². The molecule has 7 heteroatoms. The minimum Gasteiger partial charge on any atom is -0.435 e. The Morgan fingerprint density at radius 3 is 2.32 bits per heavy atom. The van der Waals surface area contributed by atoms with Gasteiger partial charge in [0.15, 0.2) is 6.04 Å². The molecule has 0 aromatic heterocycles. The fourth-order valence-corrected chi connectivity index (χ4v) is 2.54. The van der Waals surface area contributed by atoms with Crippen LogP contribution in [0, 0.1) is 0 Å². The van der Waals surface area contributed by atoms with Crippen molar-refractivity contribution in [3.05, 3.63) is 58.6 Å². The highest BCUT2D eigenvalue weighted by Crippen LogP contribution is 2.15. The standard InChI is InChI=1S/C18H19BrF2N2O2/c1-12(17(24)22-15-7-5-14(19)6-8-15)23(2)11-13-3-9-16(10-4-13)25-18(20)21/h3-10,12,18H,11H2,1-2H3,(H,22,24)/p+1/t12-/m1/s1. The van der Waals surface area contributed by atoms with Crippen molar-refractivity contribution in [1.82, 2.24) is 0 Å². The van der Waals surface area contributed by atoms with Gasteiger partial charge in [0.05, 0.1) is 7.05 Å². The number of carbonyl (C=O) groups excluding carboxylic acids is 1. The van der Waals surface area contributed by atoms with Crippen LogP contribution in [0.1, 0.15) is 12.5 Å². The molecule has 0 bridgehead atoms. The number of quaternary nitrogens is 1. The Kier molecular flexibility index (Phi) is 6.90. The summed E-state index contributed by atoms with van der Waals surface area (Å²) in [6.07, 6.45) is 0. The zero-order valence-corrected chi connectivity index (χ0v) is 15.5. The molecule has 0 fully saturated rings. The van der Waals surface area contributed by atoms with Crippen LogP contribution in [-0.2, 0) is 11.3 Å². The van der Waals surface area contributed by atoms with E-state index in [0.717, 1.165) is 20.6 Å². The molecule has 25 heavy (non-hydrogen) atoms. The Labute approximate surface area is 153 Å². The summed E-state index contributed by atoms with van der Waals surface area (Å²) < 4.78 is 29.6. The van der Waals surface area contributed by atoms with Gasteiger partial charge in [-0.15, -0.1) is 0 Å². The van der Waals surface area contributed by atoms with Crippen LogP contribution in [0.15, 0.2) is 53.0 Å². The molecule has 0 spiro atoms. The van der Waals surface area contributed by atoms with Crippen molar-refractivity contribution in [2.45, 2.75) is 26.1 Å². The Balaban J connectivity index is 1.91. The summed E-state index contributed by atoms with van der Waals surface area (Å²) in [5, 5.41) is 2.88. The Hall–Kier alpha value is -1.99. The average Bonchev–Trinajstić information content (AvgIpc) is 2.57. The number of alkyl halides is 2. The lowest BCUT2D eigenvalue weighted by Crippen LogP contribution is -3.12. The summed E-state index contributed by atoms with van der Waals surface area (Å²) >= 11 is 3.35. The normalized spacial score (nSPS) is 13.4. The molecule has 0 saturated carbocycles. The molecular formula is C18H20BrF2N2O2+. The van der Waals surface area contributed by atoms with Crippen LogP contribution in [0.25, 0.3) is 0 Å². The number of likely N-dealkylation sites (N-methyl/N-ethyl adjacent to an activating group) is 1. The number of amides is 1. The maximum Gasteiger partial charge on any atom is 0.387 e. The lowest BCUT2D eigenvalue weighted by atomic mass is 10.1. The first-order valence-corrected chi connectivity index (χ1v) is 8.57. The summed E-state index contributed by atoms with van der Waals surface area (Å²) in [4.78, 5) is 13.3. The van der Waals surface area contributed by atoms with E-state index in [0.29, 0.717) is 6.54 Å². The minimum absolute atomic E-state index is 0.0857. The largest absolute Gasteiger partial charge is 0.435 e. The number of anilines is 1. The summed E-state index contributed by atoms with van der Waals surface area (Å²) in [5.41, 5.74) is 1.67. The van der Waals surface area contributed by atoms with Crippen molar-refractivity contribution in [3.63, 3.8) is 0 Å². The van der Waals surface area contributed by atoms with Crippen LogP contribution in [0.3, 0.4) is 0 Å². The number of benzene rings is 2. The topological polar surface area (TPSA) is 42.8 Å². The van der Waals surface area contributed by atoms with Crippen molar-refractivity contribution in [2.75, 3.05) is 12.4 Å². The number of hydrogen-bond donors (Lipinski definition) is 2. The van der Waals surface area contributed by atoms with E-state index in [1.807, 2.05) is 38.2 Å². The second kappa shape index (κ2) is 8.92. The van der Waals surface area contributed by atoms with Crippen LogP contribution in [-0.4, -0.2) is 25.6 Å². The Morgan fingerprint density at radius 1 is 1.16 bits per heavy atom. The fraction of sp³-hybridized carbons (Fsp3) is 0.278. The molecule has 0 aliphatic carbocycles. The molecule has 2 atom stereocenters. The number of ether oxygens (including phenoxy) is 1. The van der Waals surface area contributed by atoms with E-state index < -0.39 is 6.61 Å². The van der Waals surface area contributed by atoms with Crippen molar-refractivity contribution in [3.8, 4) is 5.75 Å². The van der Waals surface area contributed by atoms with E-state index in [2.05, 4.69) is 26.0 Å². The molecule has 0 aliphatic rings. The van der Waals surface area contributed by atoms with Gasteiger partial charge in [0.2, 0.25) is 0 Å². The van der Waals surface area contributed by atoms with E-state index in [4.69, 9.17) is 0 Å². The molecule has 2 N–H and O–H groups in total. The predicted octanol–water partition coefficient (Wildman–Crippen LogP) is 3.09. The maximum absolute atomic E-state index is 12.4. The summed E-state index contributed by atoms with van der Waals surface area (Å²) in [6.45, 7) is -0.400. The van der Waals surface area contributed by atoms with Crippen molar-refractivity contribution in [2.24, 2.45) is 0 Å². The molecule has 1 amide bonds. The fourth-order valence-electron chi connectivity index (χ4n) is 2.27. The highest BCUT2D eigenvalue weighted by Gasteiger charge is 2.22. The predicted molar refractivity (Wildman–Crippen MR) is 95.9 cm³/mol. The number of nitrogens with one attached hydrogen (secondary N) is 2. The van der Waals surface area contributed by atoms with Gasteiger partial charge in [0.1, 0.15) is 12.3 Å². The lowest BCUT2D eigenvalue weighted by Gasteiger charge is -2.21. The van der Waals surface area contributed by atoms with Gasteiger partial charge in [0.25, 0.3) is 5.91 Å². The zero-order valence-electron chi connectivity index (χ0n) is 13.9. The first-order valence-electron chi connectivity index (χ1n) is 7.77. The molecule has 2 aromatic carbocycles. The van der Waals surface area contributed by atoms with E-state index in [-0.39, 0.29) is 17.7 Å². The summed E-state index contributed by atoms with van der Waals surface area (Å²) in [7, 11) is 1.91. The molecule has 2 aromatic rings. The summed E-state index contributed by atoms with van der Waals surface area (Å²) in [6, 6.07) is 13.5. The van der Waals surface area contributed by atoms with Gasteiger partial charge in [0, 0.05) is 15.7 Å². The highest BCUT2D eigenvalue weighted by molar-refractivity contribution is 9.10. The monoisotopic (exact) mass is 413 g/mol. The van der Waals surface area contributed by atoms with Gasteiger partial charge < -0.3 is 15.0 Å². The van der Waals surface area contributed by atoms with Crippen LogP contribution in [0.2, 0.25) is 0 Å². The molecule has 134 valence electrons. The van der Waals surface area contributed by atoms with Gasteiger partial charge >= 0.3 is 6.61 Å².